The van der Waals surface area contributed by atoms with Gasteiger partial charge >= 0.3 is 0 Å². The molecule has 2 heteroatoms. The largest absolute Gasteiger partial charge is 0.379 e. The van der Waals surface area contributed by atoms with E-state index in [0.717, 1.165) is 19.5 Å². The summed E-state index contributed by atoms with van der Waals surface area (Å²) in [5, 5.41) is 3.40. The molecule has 0 aromatic rings. The number of hydrogen-bond donors (Lipinski definition) is 1. The van der Waals surface area contributed by atoms with Crippen LogP contribution in [0.15, 0.2) is 0 Å². The van der Waals surface area contributed by atoms with Crippen LogP contribution >= 0.6 is 0 Å². The maximum atomic E-state index is 5.34. The lowest BCUT2D eigenvalue weighted by molar-refractivity contribution is 0.0135. The summed E-state index contributed by atoms with van der Waals surface area (Å²) in [7, 11) is 1.79. The Morgan fingerprint density at radius 1 is 1.15 bits per heavy atom. The van der Waals surface area contributed by atoms with Gasteiger partial charge in [-0.05, 0) is 52.6 Å². The third-order valence-corrected chi connectivity index (χ3v) is 2.36. The van der Waals surface area contributed by atoms with Gasteiger partial charge in [-0.25, -0.2) is 0 Å². The van der Waals surface area contributed by atoms with Gasteiger partial charge in [0.1, 0.15) is 0 Å². The van der Waals surface area contributed by atoms with E-state index in [4.69, 9.17) is 4.74 Å². The Bertz CT molecular complexity index is 113. The molecule has 0 aliphatic heterocycles. The van der Waals surface area contributed by atoms with Crippen molar-refractivity contribution < 1.29 is 4.74 Å². The molecule has 0 amide bonds. The van der Waals surface area contributed by atoms with Crippen LogP contribution in [0.4, 0.5) is 0 Å². The lowest BCUT2D eigenvalue weighted by Gasteiger charge is -2.22. The van der Waals surface area contributed by atoms with E-state index < -0.39 is 0 Å². The average Bonchev–Trinajstić information content (AvgIpc) is 2.11. The molecule has 80 valence electrons. The van der Waals surface area contributed by atoms with Crippen molar-refractivity contribution in [3.63, 3.8) is 0 Å². The molecule has 0 aliphatic carbocycles. The third-order valence-electron chi connectivity index (χ3n) is 2.36. The minimum atomic E-state index is 0.0603. The van der Waals surface area contributed by atoms with Gasteiger partial charge in [-0.2, -0.15) is 0 Å². The molecule has 0 saturated heterocycles. The van der Waals surface area contributed by atoms with E-state index in [9.17, 15) is 0 Å². The summed E-state index contributed by atoms with van der Waals surface area (Å²) in [6.45, 7) is 8.78. The highest BCUT2D eigenvalue weighted by molar-refractivity contribution is 4.67. The van der Waals surface area contributed by atoms with Gasteiger partial charge in [0.2, 0.25) is 0 Å². The number of hydrogen-bond acceptors (Lipinski definition) is 2. The van der Waals surface area contributed by atoms with Crippen LogP contribution in [-0.2, 0) is 4.74 Å². The molecule has 0 radical (unpaired) electrons. The molecule has 0 aliphatic rings. The van der Waals surface area contributed by atoms with Crippen molar-refractivity contribution >= 4 is 0 Å². The van der Waals surface area contributed by atoms with Gasteiger partial charge in [0, 0.05) is 7.11 Å². The monoisotopic (exact) mass is 187 g/mol. The second kappa shape index (κ2) is 7.34. The topological polar surface area (TPSA) is 21.3 Å². The average molecular weight is 187 g/mol. The van der Waals surface area contributed by atoms with Gasteiger partial charge in [0.25, 0.3) is 0 Å². The van der Waals surface area contributed by atoms with Gasteiger partial charge in [-0.1, -0.05) is 6.92 Å². The first-order valence-corrected chi connectivity index (χ1v) is 5.38. The van der Waals surface area contributed by atoms with Crippen molar-refractivity contribution in [3.8, 4) is 0 Å². The Balaban J connectivity index is 3.16. The zero-order chi connectivity index (χ0) is 10.2. The molecule has 0 spiro atoms. The van der Waals surface area contributed by atoms with Crippen LogP contribution < -0.4 is 5.32 Å². The normalized spacial score (nSPS) is 12.0. The summed E-state index contributed by atoms with van der Waals surface area (Å²) < 4.78 is 5.34. The van der Waals surface area contributed by atoms with E-state index in [1.807, 2.05) is 0 Å². The first kappa shape index (κ1) is 12.9. The highest BCUT2D eigenvalue weighted by Gasteiger charge is 2.14. The molecule has 0 heterocycles. The Kier molecular flexibility index (Phi) is 7.29. The zero-order valence-electron chi connectivity index (χ0n) is 9.65. The Morgan fingerprint density at radius 3 is 2.38 bits per heavy atom. The lowest BCUT2D eigenvalue weighted by Crippen LogP contribution is -2.23. The van der Waals surface area contributed by atoms with E-state index in [2.05, 4.69) is 26.1 Å². The van der Waals surface area contributed by atoms with Crippen LogP contribution in [0.3, 0.4) is 0 Å². The number of ether oxygens (including phenoxy) is 1. The fourth-order valence-corrected chi connectivity index (χ4v) is 1.20. The summed E-state index contributed by atoms with van der Waals surface area (Å²) >= 11 is 0. The maximum absolute atomic E-state index is 5.34. The predicted molar refractivity (Wildman–Crippen MR) is 58.1 cm³/mol. The van der Waals surface area contributed by atoms with E-state index in [1.54, 1.807) is 7.11 Å². The quantitative estimate of drug-likeness (QED) is 0.590. The highest BCUT2D eigenvalue weighted by atomic mass is 16.5. The van der Waals surface area contributed by atoms with Crippen LogP contribution in [0, 0.1) is 0 Å². The Labute approximate surface area is 83.1 Å². The number of methoxy groups -OCH3 is 1. The molecule has 0 saturated carbocycles. The van der Waals surface area contributed by atoms with Crippen LogP contribution in [-0.4, -0.2) is 25.8 Å². The van der Waals surface area contributed by atoms with E-state index in [1.165, 1.54) is 19.3 Å². The van der Waals surface area contributed by atoms with Crippen LogP contribution in [0.1, 0.15) is 46.5 Å². The van der Waals surface area contributed by atoms with Gasteiger partial charge in [0.05, 0.1) is 5.60 Å². The summed E-state index contributed by atoms with van der Waals surface area (Å²) in [5.41, 5.74) is 0.0603. The molecular weight excluding hydrogens is 162 g/mol. The summed E-state index contributed by atoms with van der Waals surface area (Å²) in [4.78, 5) is 0. The highest BCUT2D eigenvalue weighted by Crippen LogP contribution is 2.15. The van der Waals surface area contributed by atoms with Gasteiger partial charge in [0.15, 0.2) is 0 Å². The first-order valence-electron chi connectivity index (χ1n) is 5.38. The number of rotatable bonds is 8. The summed E-state index contributed by atoms with van der Waals surface area (Å²) in [6.07, 6.45) is 4.88. The van der Waals surface area contributed by atoms with Crippen molar-refractivity contribution in [2.24, 2.45) is 0 Å². The lowest BCUT2D eigenvalue weighted by atomic mass is 10.0. The van der Waals surface area contributed by atoms with E-state index in [0.29, 0.717) is 0 Å². The Hall–Kier alpha value is -0.0800. The minimum Gasteiger partial charge on any atom is -0.379 e. The molecule has 0 atom stereocenters. The molecule has 2 nitrogen and oxygen atoms in total. The van der Waals surface area contributed by atoms with Gasteiger partial charge in [-0.15, -0.1) is 0 Å². The van der Waals surface area contributed by atoms with Crippen molar-refractivity contribution in [3.05, 3.63) is 0 Å². The van der Waals surface area contributed by atoms with Crippen molar-refractivity contribution in [2.45, 2.75) is 52.1 Å². The third kappa shape index (κ3) is 8.26. The zero-order valence-corrected chi connectivity index (χ0v) is 9.65. The molecule has 0 aromatic heterocycles. The second-order valence-electron chi connectivity index (χ2n) is 4.17. The number of unbranched alkanes of at least 4 members (excludes halogenated alkanes) is 1. The van der Waals surface area contributed by atoms with Gasteiger partial charge < -0.3 is 10.1 Å². The molecule has 0 bridgehead atoms. The van der Waals surface area contributed by atoms with Crippen LogP contribution in [0.25, 0.3) is 0 Å². The summed E-state index contributed by atoms with van der Waals surface area (Å²) in [5.74, 6) is 0. The fourth-order valence-electron chi connectivity index (χ4n) is 1.20. The van der Waals surface area contributed by atoms with Gasteiger partial charge in [-0.3, -0.25) is 0 Å². The molecule has 13 heavy (non-hydrogen) atoms. The smallest absolute Gasteiger partial charge is 0.0622 e. The molecular formula is C11H25NO. The molecule has 0 rings (SSSR count). The fraction of sp³-hybridized carbons (Fsp3) is 1.00. The minimum absolute atomic E-state index is 0.0603. The Morgan fingerprint density at radius 2 is 1.85 bits per heavy atom. The van der Waals surface area contributed by atoms with Crippen molar-refractivity contribution in [2.75, 3.05) is 20.2 Å². The van der Waals surface area contributed by atoms with Crippen molar-refractivity contribution in [1.29, 1.82) is 0 Å². The van der Waals surface area contributed by atoms with E-state index >= 15 is 0 Å². The molecule has 1 N–H and O–H groups in total. The SMILES string of the molecule is CCCNCCCCC(C)(C)OC. The molecule has 0 fully saturated rings. The predicted octanol–water partition coefficient (Wildman–Crippen LogP) is 2.58. The van der Waals surface area contributed by atoms with Crippen LogP contribution in [0.5, 0.6) is 0 Å². The van der Waals surface area contributed by atoms with E-state index in [-0.39, 0.29) is 5.60 Å². The summed E-state index contributed by atoms with van der Waals surface area (Å²) in [6, 6.07) is 0. The van der Waals surface area contributed by atoms with Crippen LogP contribution in [0.2, 0.25) is 0 Å². The number of nitrogens with one attached hydrogen (secondary N) is 1. The standard InChI is InChI=1S/C11H25NO/c1-5-9-12-10-7-6-8-11(2,3)13-4/h12H,5-10H2,1-4H3. The molecule has 0 aromatic carbocycles. The maximum Gasteiger partial charge on any atom is 0.0622 e. The molecule has 0 unspecified atom stereocenters. The second-order valence-corrected chi connectivity index (χ2v) is 4.17. The first-order chi connectivity index (χ1) is 6.12. The van der Waals surface area contributed by atoms with Crippen molar-refractivity contribution in [1.82, 2.24) is 5.32 Å².